The molecule has 8 heteroatoms. The second kappa shape index (κ2) is 8.97. The molecule has 3 aromatic rings. The average Bonchev–Trinajstić information content (AvgIpc) is 3.37. The second-order valence-electron chi connectivity index (χ2n) is 6.73. The topological polar surface area (TPSA) is 128 Å². The van der Waals surface area contributed by atoms with E-state index in [4.69, 9.17) is 15.1 Å². The van der Waals surface area contributed by atoms with Gasteiger partial charge >= 0.3 is 11.6 Å². The van der Waals surface area contributed by atoms with Crippen LogP contribution < -0.4 is 11.4 Å². The van der Waals surface area contributed by atoms with Gasteiger partial charge in [0.1, 0.15) is 5.71 Å². The Morgan fingerprint density at radius 2 is 1.62 bits per heavy atom. The molecule has 0 aliphatic carbocycles. The lowest BCUT2D eigenvalue weighted by Crippen LogP contribution is -2.13. The van der Waals surface area contributed by atoms with Gasteiger partial charge in [-0.3, -0.25) is 4.79 Å². The molecule has 0 bridgehead atoms. The Hall–Kier alpha value is -4.72. The molecule has 0 spiro atoms. The minimum Gasteiger partial charge on any atom is -0.366 e. The maximum Gasteiger partial charge on any atom is 0.368 e. The number of nitrogens with one attached hydrogen (secondary N) is 1. The average molecular weight is 427 g/mol. The van der Waals surface area contributed by atoms with Crippen molar-refractivity contribution in [2.45, 2.75) is 0 Å². The van der Waals surface area contributed by atoms with Gasteiger partial charge in [0.05, 0.1) is 16.8 Å². The molecule has 0 fully saturated rings. The van der Waals surface area contributed by atoms with Crippen LogP contribution in [0.25, 0.3) is 17.3 Å². The monoisotopic (exact) mass is 427 g/mol. The fourth-order valence-electron chi connectivity index (χ4n) is 3.08. The Bertz CT molecular complexity index is 1340. The maximum absolute atomic E-state index is 12.1. The van der Waals surface area contributed by atoms with E-state index < -0.39 is 17.5 Å². The zero-order valence-corrected chi connectivity index (χ0v) is 16.6. The third-order valence-corrected chi connectivity index (χ3v) is 4.68. The number of nitrogens with two attached hydrogens (primary N) is 1. The third kappa shape index (κ3) is 4.24. The van der Waals surface area contributed by atoms with Crippen LogP contribution in [-0.2, 0) is 14.4 Å². The van der Waals surface area contributed by atoms with Gasteiger partial charge in [0.2, 0.25) is 5.91 Å². The number of carbonyl (C=O) groups is 2. The van der Waals surface area contributed by atoms with Gasteiger partial charge in [-0.1, -0.05) is 65.8 Å². The van der Waals surface area contributed by atoms with Gasteiger partial charge in [-0.25, -0.2) is 14.7 Å². The number of primary amides is 1. The van der Waals surface area contributed by atoms with Crippen LogP contribution in [0.15, 0.2) is 105 Å². The predicted molar refractivity (Wildman–Crippen MR) is 118 cm³/mol. The second-order valence-corrected chi connectivity index (χ2v) is 6.73. The number of oxime groups is 1. The third-order valence-electron chi connectivity index (χ3n) is 4.68. The summed E-state index contributed by atoms with van der Waals surface area (Å²) in [6.45, 7) is 0. The molecule has 0 saturated carbocycles. The van der Waals surface area contributed by atoms with Crippen LogP contribution >= 0.6 is 0 Å². The van der Waals surface area contributed by atoms with Gasteiger partial charge in [-0.15, -0.1) is 0 Å². The molecular formula is C24H17N3O5. The number of aromatic amines is 1. The number of carbonyl (C=O) groups excluding carboxylic acids is 2. The quantitative estimate of drug-likeness (QED) is 0.355. The lowest BCUT2D eigenvalue weighted by molar-refractivity contribution is -0.136. The SMILES string of the molecule is NC(=O)C(=C\C=C1\C(=O)ON=C1c1ccccc1)/C=C/c1c(-c2ccccc2)[nH]oc1=O. The molecule has 2 heterocycles. The summed E-state index contributed by atoms with van der Waals surface area (Å²) < 4.78 is 4.90. The Morgan fingerprint density at radius 3 is 2.28 bits per heavy atom. The van der Waals surface area contributed by atoms with E-state index in [-0.39, 0.29) is 16.7 Å². The van der Waals surface area contributed by atoms with E-state index in [9.17, 15) is 14.4 Å². The standard InChI is InChI=1S/C24H17N3O5/c25-22(28)17(11-13-18-20(26-31-23(18)29)15-7-3-1-4-8-15)12-14-19-21(27-32-24(19)30)16-9-5-2-6-10-16/h1-14,26H,(H2,25,28)/b13-11+,17-12-,19-14+. The summed E-state index contributed by atoms with van der Waals surface area (Å²) in [5.41, 5.74) is 7.58. The van der Waals surface area contributed by atoms with Crippen molar-refractivity contribution in [3.8, 4) is 11.3 Å². The fraction of sp³-hybridized carbons (Fsp3) is 0. The van der Waals surface area contributed by atoms with Crippen molar-refractivity contribution in [1.29, 1.82) is 0 Å². The van der Waals surface area contributed by atoms with Crippen molar-refractivity contribution in [3.63, 3.8) is 0 Å². The normalized spacial score (nSPS) is 15.2. The van der Waals surface area contributed by atoms with Crippen LogP contribution in [0.4, 0.5) is 0 Å². The zero-order chi connectivity index (χ0) is 22.5. The van der Waals surface area contributed by atoms with E-state index in [1.54, 1.807) is 24.3 Å². The van der Waals surface area contributed by atoms with Crippen molar-refractivity contribution < 1.29 is 18.9 Å². The zero-order valence-electron chi connectivity index (χ0n) is 16.6. The summed E-state index contributed by atoms with van der Waals surface area (Å²) in [5.74, 6) is -1.39. The maximum atomic E-state index is 12.1. The molecule has 0 saturated heterocycles. The van der Waals surface area contributed by atoms with Crippen molar-refractivity contribution in [2.24, 2.45) is 10.9 Å². The van der Waals surface area contributed by atoms with E-state index in [0.29, 0.717) is 17.0 Å². The molecule has 8 nitrogen and oxygen atoms in total. The minimum absolute atomic E-state index is 0.0595. The number of allylic oxidation sites excluding steroid dienone is 2. The largest absolute Gasteiger partial charge is 0.368 e. The molecule has 0 unspecified atom stereocenters. The highest BCUT2D eigenvalue weighted by molar-refractivity contribution is 6.29. The van der Waals surface area contributed by atoms with Crippen molar-refractivity contribution in [1.82, 2.24) is 5.16 Å². The fourth-order valence-corrected chi connectivity index (χ4v) is 3.08. The molecule has 0 atom stereocenters. The van der Waals surface area contributed by atoms with Gasteiger partial charge in [0, 0.05) is 16.7 Å². The van der Waals surface area contributed by atoms with Crippen LogP contribution in [0.3, 0.4) is 0 Å². The first kappa shape index (κ1) is 20.5. The Balaban J connectivity index is 1.67. The van der Waals surface area contributed by atoms with Crippen LogP contribution in [0.5, 0.6) is 0 Å². The summed E-state index contributed by atoms with van der Waals surface area (Å²) >= 11 is 0. The lowest BCUT2D eigenvalue weighted by Gasteiger charge is -2.00. The van der Waals surface area contributed by atoms with Crippen molar-refractivity contribution in [3.05, 3.63) is 112 Å². The molecule has 32 heavy (non-hydrogen) atoms. The summed E-state index contributed by atoms with van der Waals surface area (Å²) in [6, 6.07) is 18.1. The first-order valence-corrected chi connectivity index (χ1v) is 9.56. The Kier molecular flexibility index (Phi) is 5.76. The molecule has 3 N–H and O–H groups in total. The molecule has 1 amide bonds. The molecule has 2 aromatic carbocycles. The van der Waals surface area contributed by atoms with Crippen LogP contribution in [0.2, 0.25) is 0 Å². The van der Waals surface area contributed by atoms with E-state index in [1.807, 2.05) is 36.4 Å². The smallest absolute Gasteiger partial charge is 0.366 e. The number of H-pyrrole nitrogens is 1. The number of rotatable bonds is 6. The molecule has 1 aliphatic rings. The van der Waals surface area contributed by atoms with Crippen LogP contribution in [0.1, 0.15) is 11.1 Å². The first-order valence-electron chi connectivity index (χ1n) is 9.56. The van der Waals surface area contributed by atoms with Gasteiger partial charge in [-0.05, 0) is 24.3 Å². The van der Waals surface area contributed by atoms with Gasteiger partial charge in [-0.2, -0.15) is 0 Å². The highest BCUT2D eigenvalue weighted by Crippen LogP contribution is 2.21. The molecule has 158 valence electrons. The van der Waals surface area contributed by atoms with Crippen LogP contribution in [0, 0.1) is 0 Å². The highest BCUT2D eigenvalue weighted by atomic mass is 16.7. The van der Waals surface area contributed by atoms with Gasteiger partial charge in [0.25, 0.3) is 0 Å². The molecular weight excluding hydrogens is 410 g/mol. The van der Waals surface area contributed by atoms with Crippen molar-refractivity contribution in [2.75, 3.05) is 0 Å². The molecule has 1 aromatic heterocycles. The summed E-state index contributed by atoms with van der Waals surface area (Å²) in [7, 11) is 0. The number of benzene rings is 2. The summed E-state index contributed by atoms with van der Waals surface area (Å²) in [4.78, 5) is 41.0. The Labute approximate surface area is 182 Å². The molecule has 4 rings (SSSR count). The van der Waals surface area contributed by atoms with Gasteiger partial charge in [0.15, 0.2) is 0 Å². The van der Waals surface area contributed by atoms with Crippen LogP contribution in [-0.4, -0.2) is 22.7 Å². The molecule has 0 radical (unpaired) electrons. The highest BCUT2D eigenvalue weighted by Gasteiger charge is 2.26. The lowest BCUT2D eigenvalue weighted by atomic mass is 10.0. The minimum atomic E-state index is -0.746. The number of nitrogens with zero attached hydrogens (tertiary/aromatic N) is 1. The number of aromatic nitrogens is 1. The Morgan fingerprint density at radius 1 is 0.969 bits per heavy atom. The molecule has 1 aliphatic heterocycles. The predicted octanol–water partition coefficient (Wildman–Crippen LogP) is 2.95. The van der Waals surface area contributed by atoms with E-state index >= 15 is 0 Å². The van der Waals surface area contributed by atoms with Crippen molar-refractivity contribution >= 4 is 23.7 Å². The summed E-state index contributed by atoms with van der Waals surface area (Å²) in [5, 5.41) is 6.40. The summed E-state index contributed by atoms with van der Waals surface area (Å²) in [6.07, 6.45) is 5.59. The van der Waals surface area contributed by atoms with E-state index in [2.05, 4.69) is 10.3 Å². The number of hydrogen-bond donors (Lipinski definition) is 2. The van der Waals surface area contributed by atoms with E-state index in [0.717, 1.165) is 5.56 Å². The number of hydrogen-bond acceptors (Lipinski definition) is 6. The number of amides is 1. The first-order chi connectivity index (χ1) is 15.5. The van der Waals surface area contributed by atoms with Gasteiger partial charge < -0.3 is 15.1 Å². The van der Waals surface area contributed by atoms with E-state index in [1.165, 1.54) is 24.3 Å².